The summed E-state index contributed by atoms with van der Waals surface area (Å²) in [6.07, 6.45) is -1.22. The Balaban J connectivity index is 1.90. The van der Waals surface area contributed by atoms with E-state index in [4.69, 9.17) is 18.3 Å². The fraction of sp³-hybridized carbons (Fsp3) is 0.429. The molecule has 0 saturated heterocycles. The normalized spacial score (nSPS) is 13.6. The van der Waals surface area contributed by atoms with Crippen molar-refractivity contribution in [2.45, 2.75) is 64.6 Å². The molecule has 0 bridgehead atoms. The summed E-state index contributed by atoms with van der Waals surface area (Å²) in [4.78, 5) is 0. The molecule has 2 atom stereocenters. The van der Waals surface area contributed by atoms with Gasteiger partial charge in [-0.05, 0) is 42.2 Å². The van der Waals surface area contributed by atoms with Crippen LogP contribution < -0.4 is 4.74 Å². The van der Waals surface area contributed by atoms with E-state index in [2.05, 4.69) is 20.8 Å². The molecule has 0 aliphatic heterocycles. The van der Waals surface area contributed by atoms with E-state index < -0.39 is 14.4 Å². The molecule has 0 saturated carbocycles. The molecular weight excluding hydrogens is 444 g/mol. The van der Waals surface area contributed by atoms with E-state index in [0.29, 0.717) is 37.1 Å². The Morgan fingerprint density at radius 2 is 1.50 bits per heavy atom. The first kappa shape index (κ1) is 26.2. The molecule has 0 aliphatic carbocycles. The summed E-state index contributed by atoms with van der Waals surface area (Å²) < 4.78 is 24.9. The predicted octanol–water partition coefficient (Wildman–Crippen LogP) is 7.04. The Bertz CT molecular complexity index is 961. The summed E-state index contributed by atoms with van der Waals surface area (Å²) in [5.41, 5.74) is 2.50. The molecule has 1 N–H and O–H groups in total. The van der Waals surface area contributed by atoms with Crippen LogP contribution in [-0.2, 0) is 15.8 Å². The third-order valence-electron chi connectivity index (χ3n) is 6.45. The molecule has 34 heavy (non-hydrogen) atoms. The van der Waals surface area contributed by atoms with Gasteiger partial charge in [0, 0.05) is 0 Å². The highest BCUT2D eigenvalue weighted by molar-refractivity contribution is 6.73. The second-order valence-corrected chi connectivity index (χ2v) is 13.2. The average Bonchev–Trinajstić information content (AvgIpc) is 3.31. The Hall–Kier alpha value is -2.38. The molecule has 0 radical (unpaired) electrons. The van der Waals surface area contributed by atoms with Crippen LogP contribution in [0.2, 0.25) is 18.1 Å². The van der Waals surface area contributed by atoms with E-state index in [1.54, 1.807) is 0 Å². The summed E-state index contributed by atoms with van der Waals surface area (Å²) in [6, 6.07) is 24.6. The van der Waals surface area contributed by atoms with Gasteiger partial charge in [-0.15, -0.1) is 0 Å². The zero-order valence-corrected chi connectivity index (χ0v) is 21.8. The van der Waals surface area contributed by atoms with Gasteiger partial charge < -0.3 is 23.4 Å². The van der Waals surface area contributed by atoms with Crippen LogP contribution in [-0.4, -0.2) is 26.6 Å². The number of aliphatic hydroxyl groups excluding tert-OH is 1. The van der Waals surface area contributed by atoms with Crippen molar-refractivity contribution < 1.29 is 23.4 Å². The molecule has 0 fully saturated rings. The lowest BCUT2D eigenvalue weighted by Crippen LogP contribution is -2.38. The standard InChI is InChI=1S/C28H38O5Si/c1-5-31-28-24(27(29)23-17-13-10-14-18-23)19-25(32-28)26(33-34(6-2,7-3)8-4)21-30-20-22-15-11-9-12-16-22/h9-19,26-27,29H,5-8,20-21H2,1-4H3/t26?,27-/m0/s1. The van der Waals surface area contributed by atoms with Gasteiger partial charge in [0.05, 0.1) is 25.4 Å². The summed E-state index contributed by atoms with van der Waals surface area (Å²) in [5, 5.41) is 11.1. The van der Waals surface area contributed by atoms with Crippen molar-refractivity contribution in [1.82, 2.24) is 0 Å². The Labute approximate surface area is 204 Å². The largest absolute Gasteiger partial charge is 0.465 e. The molecule has 0 aliphatic rings. The Kier molecular flexibility index (Phi) is 9.95. The van der Waals surface area contributed by atoms with Crippen molar-refractivity contribution in [2.24, 2.45) is 0 Å². The minimum Gasteiger partial charge on any atom is -0.465 e. The molecule has 6 heteroatoms. The van der Waals surface area contributed by atoms with Crippen LogP contribution in [0, 0.1) is 0 Å². The van der Waals surface area contributed by atoms with Gasteiger partial charge in [-0.2, -0.15) is 0 Å². The third kappa shape index (κ3) is 6.60. The number of benzene rings is 2. The smallest absolute Gasteiger partial charge is 0.290 e. The van der Waals surface area contributed by atoms with Gasteiger partial charge in [0.1, 0.15) is 18.0 Å². The van der Waals surface area contributed by atoms with Crippen LogP contribution in [0.4, 0.5) is 0 Å². The number of hydrogen-bond acceptors (Lipinski definition) is 5. The van der Waals surface area contributed by atoms with E-state index in [9.17, 15) is 5.11 Å². The summed E-state index contributed by atoms with van der Waals surface area (Å²) in [7, 11) is -1.95. The first-order valence-corrected chi connectivity index (χ1v) is 14.9. The van der Waals surface area contributed by atoms with Crippen molar-refractivity contribution in [3.63, 3.8) is 0 Å². The minimum atomic E-state index is -1.95. The fourth-order valence-electron chi connectivity index (χ4n) is 4.15. The number of hydrogen-bond donors (Lipinski definition) is 1. The SMILES string of the molecule is CCOc1oc(C(COCc2ccccc2)O[Si](CC)(CC)CC)cc1[C@@H](O)c1ccccc1. The molecule has 1 aromatic heterocycles. The summed E-state index contributed by atoms with van der Waals surface area (Å²) in [5.74, 6) is 0.969. The van der Waals surface area contributed by atoms with Gasteiger partial charge in [-0.25, -0.2) is 0 Å². The first-order chi connectivity index (χ1) is 16.6. The van der Waals surface area contributed by atoms with Crippen LogP contribution in [0.15, 0.2) is 71.1 Å². The monoisotopic (exact) mass is 482 g/mol. The Morgan fingerprint density at radius 3 is 2.09 bits per heavy atom. The third-order valence-corrected chi connectivity index (χ3v) is 11.1. The van der Waals surface area contributed by atoms with E-state index in [0.717, 1.165) is 29.3 Å². The van der Waals surface area contributed by atoms with Crippen molar-refractivity contribution in [3.8, 4) is 5.95 Å². The van der Waals surface area contributed by atoms with E-state index in [-0.39, 0.29) is 6.10 Å². The zero-order chi connectivity index (χ0) is 24.4. The molecule has 1 unspecified atom stereocenters. The molecule has 1 heterocycles. The van der Waals surface area contributed by atoms with Gasteiger partial charge in [0.25, 0.3) is 5.95 Å². The number of aliphatic hydroxyl groups is 1. The quantitative estimate of drug-likeness (QED) is 0.250. The van der Waals surface area contributed by atoms with Crippen LogP contribution >= 0.6 is 0 Å². The van der Waals surface area contributed by atoms with Gasteiger partial charge in [-0.3, -0.25) is 0 Å². The highest BCUT2D eigenvalue weighted by atomic mass is 28.4. The maximum absolute atomic E-state index is 11.1. The molecule has 3 rings (SSSR count). The molecule has 2 aromatic carbocycles. The van der Waals surface area contributed by atoms with E-state index >= 15 is 0 Å². The maximum atomic E-state index is 11.1. The number of ether oxygens (including phenoxy) is 2. The molecule has 184 valence electrons. The van der Waals surface area contributed by atoms with Gasteiger partial charge >= 0.3 is 0 Å². The zero-order valence-electron chi connectivity index (χ0n) is 20.8. The predicted molar refractivity (Wildman–Crippen MR) is 138 cm³/mol. The summed E-state index contributed by atoms with van der Waals surface area (Å²) >= 11 is 0. The number of furan rings is 1. The maximum Gasteiger partial charge on any atom is 0.290 e. The second-order valence-electron chi connectivity index (χ2n) is 8.49. The molecule has 5 nitrogen and oxygen atoms in total. The van der Waals surface area contributed by atoms with E-state index in [1.165, 1.54) is 0 Å². The van der Waals surface area contributed by atoms with Crippen LogP contribution in [0.25, 0.3) is 0 Å². The van der Waals surface area contributed by atoms with Crippen molar-refractivity contribution in [1.29, 1.82) is 0 Å². The van der Waals surface area contributed by atoms with Crippen LogP contribution in [0.5, 0.6) is 5.95 Å². The fourth-order valence-corrected chi connectivity index (χ4v) is 6.94. The lowest BCUT2D eigenvalue weighted by molar-refractivity contribution is 0.0232. The lowest BCUT2D eigenvalue weighted by atomic mass is 10.0. The van der Waals surface area contributed by atoms with E-state index in [1.807, 2.05) is 73.7 Å². The topological polar surface area (TPSA) is 61.1 Å². The molecule has 0 amide bonds. The summed E-state index contributed by atoms with van der Waals surface area (Å²) in [6.45, 7) is 9.83. The minimum absolute atomic E-state index is 0.335. The second kappa shape index (κ2) is 12.9. The molecule has 3 aromatic rings. The molecule has 0 spiro atoms. The van der Waals surface area contributed by atoms with Crippen molar-refractivity contribution >= 4 is 8.32 Å². The van der Waals surface area contributed by atoms with Crippen molar-refractivity contribution in [2.75, 3.05) is 13.2 Å². The Morgan fingerprint density at radius 1 is 0.882 bits per heavy atom. The van der Waals surface area contributed by atoms with Gasteiger partial charge in [0.15, 0.2) is 8.32 Å². The highest BCUT2D eigenvalue weighted by Gasteiger charge is 2.35. The van der Waals surface area contributed by atoms with Crippen molar-refractivity contribution in [3.05, 3.63) is 89.2 Å². The molecular formula is C28H38O5Si. The van der Waals surface area contributed by atoms with Crippen LogP contribution in [0.1, 0.15) is 62.4 Å². The lowest BCUT2D eigenvalue weighted by Gasteiger charge is -2.32. The van der Waals surface area contributed by atoms with Crippen LogP contribution in [0.3, 0.4) is 0 Å². The highest BCUT2D eigenvalue weighted by Crippen LogP contribution is 2.38. The first-order valence-electron chi connectivity index (χ1n) is 12.3. The number of rotatable bonds is 14. The average molecular weight is 483 g/mol. The van der Waals surface area contributed by atoms with Gasteiger partial charge in [-0.1, -0.05) is 81.4 Å². The van der Waals surface area contributed by atoms with Gasteiger partial charge in [0.2, 0.25) is 0 Å².